The van der Waals surface area contributed by atoms with Crippen LogP contribution in [0.4, 0.5) is 8.78 Å². The van der Waals surface area contributed by atoms with Gasteiger partial charge in [0.15, 0.2) is 0 Å². The van der Waals surface area contributed by atoms with Crippen LogP contribution in [0.25, 0.3) is 0 Å². The summed E-state index contributed by atoms with van der Waals surface area (Å²) in [7, 11) is 0. The monoisotopic (exact) mass is 198 g/mol. The van der Waals surface area contributed by atoms with E-state index in [2.05, 4.69) is 0 Å². The fraction of sp³-hybridized carbons (Fsp3) is 0.300. The summed E-state index contributed by atoms with van der Waals surface area (Å²) in [6, 6.07) is 3.25. The second kappa shape index (κ2) is 3.04. The smallest absolute Gasteiger partial charge is 0.307 e. The normalized spacial score (nSPS) is 24.7. The largest absolute Gasteiger partial charge is 0.481 e. The average molecular weight is 198 g/mol. The molecule has 2 nitrogen and oxygen atoms in total. The zero-order chi connectivity index (χ0) is 10.3. The first-order chi connectivity index (χ1) is 6.59. The van der Waals surface area contributed by atoms with E-state index in [0.717, 1.165) is 12.1 Å². The Hall–Kier alpha value is -1.45. The van der Waals surface area contributed by atoms with Crippen LogP contribution in [-0.2, 0) is 4.79 Å². The van der Waals surface area contributed by atoms with Crippen molar-refractivity contribution in [1.82, 2.24) is 0 Å². The van der Waals surface area contributed by atoms with Gasteiger partial charge in [-0.05, 0) is 18.1 Å². The summed E-state index contributed by atoms with van der Waals surface area (Å²) in [5.74, 6) is -3.00. The van der Waals surface area contributed by atoms with Crippen molar-refractivity contribution in [2.45, 2.75) is 12.3 Å². The molecule has 0 aromatic heterocycles. The van der Waals surface area contributed by atoms with Gasteiger partial charge < -0.3 is 5.11 Å². The highest BCUT2D eigenvalue weighted by molar-refractivity contribution is 5.75. The molecule has 0 bridgehead atoms. The SMILES string of the molecule is O=C(O)[C@@H]1C[C@@H]1c1ccc(F)cc1F. The van der Waals surface area contributed by atoms with Gasteiger partial charge in [0.25, 0.3) is 0 Å². The number of aliphatic carboxylic acids is 1. The van der Waals surface area contributed by atoms with Gasteiger partial charge in [-0.3, -0.25) is 4.79 Å². The topological polar surface area (TPSA) is 37.3 Å². The van der Waals surface area contributed by atoms with Crippen LogP contribution in [0.5, 0.6) is 0 Å². The van der Waals surface area contributed by atoms with Gasteiger partial charge in [-0.25, -0.2) is 8.78 Å². The molecule has 0 spiro atoms. The maximum atomic E-state index is 13.1. The van der Waals surface area contributed by atoms with Crippen LogP contribution in [0.15, 0.2) is 18.2 Å². The third-order valence-corrected chi connectivity index (χ3v) is 2.47. The van der Waals surface area contributed by atoms with E-state index < -0.39 is 23.5 Å². The Morgan fingerprint density at radius 1 is 1.43 bits per heavy atom. The molecule has 1 N–H and O–H groups in total. The average Bonchev–Trinajstić information content (AvgIpc) is 2.83. The maximum absolute atomic E-state index is 13.1. The van der Waals surface area contributed by atoms with Crippen molar-refractivity contribution in [2.75, 3.05) is 0 Å². The summed E-state index contributed by atoms with van der Waals surface area (Å²) in [5, 5.41) is 8.63. The van der Waals surface area contributed by atoms with E-state index in [1.807, 2.05) is 0 Å². The number of hydrogen-bond donors (Lipinski definition) is 1. The minimum absolute atomic E-state index is 0.284. The summed E-state index contributed by atoms with van der Waals surface area (Å²) >= 11 is 0. The second-order valence-corrected chi connectivity index (χ2v) is 3.45. The Morgan fingerprint density at radius 3 is 2.64 bits per heavy atom. The molecule has 1 saturated carbocycles. The number of carbonyl (C=O) groups is 1. The number of halogens is 2. The van der Waals surface area contributed by atoms with Gasteiger partial charge in [-0.1, -0.05) is 6.07 Å². The summed E-state index contributed by atoms with van der Waals surface area (Å²) in [5.41, 5.74) is 0.304. The fourth-order valence-electron chi connectivity index (χ4n) is 1.61. The molecular formula is C10H8F2O2. The van der Waals surface area contributed by atoms with Crippen molar-refractivity contribution >= 4 is 5.97 Å². The Morgan fingerprint density at radius 2 is 2.14 bits per heavy atom. The second-order valence-electron chi connectivity index (χ2n) is 3.45. The zero-order valence-corrected chi connectivity index (χ0v) is 7.21. The van der Waals surface area contributed by atoms with Crippen LogP contribution in [0.1, 0.15) is 17.9 Å². The number of benzene rings is 1. The lowest BCUT2D eigenvalue weighted by Crippen LogP contribution is -2.00. The molecular weight excluding hydrogens is 190 g/mol. The molecule has 1 aliphatic rings. The zero-order valence-electron chi connectivity index (χ0n) is 7.21. The van der Waals surface area contributed by atoms with E-state index in [0.29, 0.717) is 12.0 Å². The Kier molecular flexibility index (Phi) is 1.98. The lowest BCUT2D eigenvalue weighted by Gasteiger charge is -2.00. The van der Waals surface area contributed by atoms with E-state index in [9.17, 15) is 13.6 Å². The number of hydrogen-bond acceptors (Lipinski definition) is 1. The lowest BCUT2D eigenvalue weighted by atomic mass is 10.1. The predicted molar refractivity (Wildman–Crippen MR) is 44.8 cm³/mol. The van der Waals surface area contributed by atoms with Crippen molar-refractivity contribution in [3.8, 4) is 0 Å². The first kappa shape index (κ1) is 9.12. The van der Waals surface area contributed by atoms with Crippen LogP contribution in [0.3, 0.4) is 0 Å². The summed E-state index contributed by atoms with van der Waals surface area (Å²) in [6.07, 6.45) is 0.442. The van der Waals surface area contributed by atoms with Crippen molar-refractivity contribution in [3.63, 3.8) is 0 Å². The van der Waals surface area contributed by atoms with Gasteiger partial charge in [0.1, 0.15) is 11.6 Å². The molecule has 2 atom stereocenters. The van der Waals surface area contributed by atoms with Gasteiger partial charge in [0, 0.05) is 12.0 Å². The quantitative estimate of drug-likeness (QED) is 0.790. The molecule has 14 heavy (non-hydrogen) atoms. The minimum Gasteiger partial charge on any atom is -0.481 e. The molecule has 74 valence electrons. The molecule has 0 radical (unpaired) electrons. The molecule has 0 saturated heterocycles. The third kappa shape index (κ3) is 1.47. The van der Waals surface area contributed by atoms with Crippen molar-refractivity contribution in [2.24, 2.45) is 5.92 Å². The van der Waals surface area contributed by atoms with Crippen LogP contribution in [0.2, 0.25) is 0 Å². The molecule has 1 aromatic carbocycles. The fourth-order valence-corrected chi connectivity index (χ4v) is 1.61. The van der Waals surface area contributed by atoms with Gasteiger partial charge >= 0.3 is 5.97 Å². The van der Waals surface area contributed by atoms with E-state index in [4.69, 9.17) is 5.11 Å². The van der Waals surface area contributed by atoms with Crippen LogP contribution >= 0.6 is 0 Å². The summed E-state index contributed by atoms with van der Waals surface area (Å²) in [4.78, 5) is 10.5. The maximum Gasteiger partial charge on any atom is 0.307 e. The Labute approximate surface area is 79.2 Å². The first-order valence-corrected chi connectivity index (χ1v) is 4.27. The van der Waals surface area contributed by atoms with E-state index >= 15 is 0 Å². The highest BCUT2D eigenvalue weighted by Crippen LogP contribution is 2.48. The van der Waals surface area contributed by atoms with Crippen LogP contribution < -0.4 is 0 Å². The standard InChI is InChI=1S/C10H8F2O2/c11-5-1-2-6(9(12)3-5)7-4-8(7)10(13)14/h1-3,7-8H,4H2,(H,13,14)/t7-,8-/m1/s1. The Balaban J connectivity index is 2.23. The van der Waals surface area contributed by atoms with Crippen LogP contribution in [-0.4, -0.2) is 11.1 Å². The van der Waals surface area contributed by atoms with Crippen molar-refractivity contribution < 1.29 is 18.7 Å². The van der Waals surface area contributed by atoms with Gasteiger partial charge in [-0.15, -0.1) is 0 Å². The summed E-state index contributed by atoms with van der Waals surface area (Å²) in [6.45, 7) is 0. The molecule has 0 aliphatic heterocycles. The van der Waals surface area contributed by atoms with E-state index in [1.165, 1.54) is 6.07 Å². The number of rotatable bonds is 2. The highest BCUT2D eigenvalue weighted by atomic mass is 19.1. The first-order valence-electron chi connectivity index (χ1n) is 4.27. The molecule has 1 aromatic rings. The van der Waals surface area contributed by atoms with Crippen molar-refractivity contribution in [1.29, 1.82) is 0 Å². The molecule has 4 heteroatoms. The van der Waals surface area contributed by atoms with Crippen molar-refractivity contribution in [3.05, 3.63) is 35.4 Å². The number of carboxylic acids is 1. The van der Waals surface area contributed by atoms with Gasteiger partial charge in [-0.2, -0.15) is 0 Å². The molecule has 2 rings (SSSR count). The number of carboxylic acid groups (broad SMARTS) is 1. The molecule has 1 aliphatic carbocycles. The predicted octanol–water partition coefficient (Wildman–Crippen LogP) is 2.15. The third-order valence-electron chi connectivity index (χ3n) is 2.47. The van der Waals surface area contributed by atoms with E-state index in [1.54, 1.807) is 0 Å². The lowest BCUT2D eigenvalue weighted by molar-refractivity contribution is -0.138. The molecule has 0 unspecified atom stereocenters. The molecule has 0 amide bonds. The van der Waals surface area contributed by atoms with Gasteiger partial charge in [0.2, 0.25) is 0 Å². The van der Waals surface area contributed by atoms with E-state index in [-0.39, 0.29) is 5.92 Å². The summed E-state index contributed by atoms with van der Waals surface area (Å²) < 4.78 is 25.7. The minimum atomic E-state index is -0.918. The molecule has 1 fully saturated rings. The highest BCUT2D eigenvalue weighted by Gasteiger charge is 2.45. The molecule has 0 heterocycles. The van der Waals surface area contributed by atoms with Crippen LogP contribution in [0, 0.1) is 17.6 Å². The van der Waals surface area contributed by atoms with Gasteiger partial charge in [0.05, 0.1) is 5.92 Å². The Bertz CT molecular complexity index is 390.